The Balaban J connectivity index is 1.74. The Hall–Kier alpha value is -0.160. The molecule has 0 aromatic carbocycles. The number of ether oxygens (including phenoxy) is 2. The van der Waals surface area contributed by atoms with E-state index in [0.29, 0.717) is 13.0 Å². The lowest BCUT2D eigenvalue weighted by molar-refractivity contribution is -0.202. The molecular weight excluding hydrogens is 316 g/mol. The Bertz CT molecular complexity index is 290. The van der Waals surface area contributed by atoms with Gasteiger partial charge in [0.1, 0.15) is 12.7 Å². The smallest absolute Gasteiger partial charge is 0.186 e. The highest BCUT2D eigenvalue weighted by Gasteiger charge is 2.26. The molecule has 1 heterocycles. The van der Waals surface area contributed by atoms with E-state index in [1.54, 1.807) is 0 Å². The first kappa shape index (κ1) is 22.9. The van der Waals surface area contributed by atoms with E-state index in [1.807, 2.05) is 0 Å². The van der Waals surface area contributed by atoms with Crippen LogP contribution in [0.3, 0.4) is 0 Å². The van der Waals surface area contributed by atoms with Crippen molar-refractivity contribution >= 4 is 0 Å². The van der Waals surface area contributed by atoms with E-state index >= 15 is 0 Å². The van der Waals surface area contributed by atoms with Crippen LogP contribution >= 0.6 is 0 Å². The van der Waals surface area contributed by atoms with Crippen molar-refractivity contribution in [1.82, 2.24) is 0 Å². The predicted octanol–water partition coefficient (Wildman–Crippen LogP) is 4.95. The number of aliphatic hydroxyl groups is 2. The summed E-state index contributed by atoms with van der Waals surface area (Å²) in [6, 6.07) is 0. The SMILES string of the molecule is CCCCCCCCCCCCCCCCC(O)(O)COCC1CO1. The minimum absolute atomic E-state index is 0.00863. The minimum atomic E-state index is -1.67. The fourth-order valence-corrected chi connectivity index (χ4v) is 3.19. The Kier molecular flexibility index (Phi) is 13.7. The van der Waals surface area contributed by atoms with Crippen molar-refractivity contribution in [2.24, 2.45) is 0 Å². The van der Waals surface area contributed by atoms with E-state index < -0.39 is 5.79 Å². The van der Waals surface area contributed by atoms with Crippen LogP contribution < -0.4 is 0 Å². The molecule has 0 aliphatic carbocycles. The van der Waals surface area contributed by atoms with Crippen molar-refractivity contribution in [3.8, 4) is 0 Å². The summed E-state index contributed by atoms with van der Waals surface area (Å²) in [4.78, 5) is 0. The molecule has 4 nitrogen and oxygen atoms in total. The molecule has 1 atom stereocenters. The molecule has 1 unspecified atom stereocenters. The molecule has 1 rings (SSSR count). The van der Waals surface area contributed by atoms with E-state index in [9.17, 15) is 10.2 Å². The van der Waals surface area contributed by atoms with Crippen LogP contribution in [0.15, 0.2) is 0 Å². The molecule has 0 radical (unpaired) electrons. The molecule has 0 spiro atoms. The molecule has 1 saturated heterocycles. The zero-order valence-electron chi connectivity index (χ0n) is 16.5. The van der Waals surface area contributed by atoms with Crippen LogP contribution in [0.2, 0.25) is 0 Å². The van der Waals surface area contributed by atoms with Crippen molar-refractivity contribution < 1.29 is 19.7 Å². The summed E-state index contributed by atoms with van der Waals surface area (Å²) in [6.07, 6.45) is 18.8. The van der Waals surface area contributed by atoms with E-state index in [0.717, 1.165) is 19.4 Å². The summed E-state index contributed by atoms with van der Waals surface area (Å²) in [6.45, 7) is 3.47. The summed E-state index contributed by atoms with van der Waals surface area (Å²) < 4.78 is 10.3. The van der Waals surface area contributed by atoms with Gasteiger partial charge in [-0.15, -0.1) is 0 Å². The molecule has 25 heavy (non-hydrogen) atoms. The topological polar surface area (TPSA) is 62.2 Å². The van der Waals surface area contributed by atoms with Crippen LogP contribution in [0.5, 0.6) is 0 Å². The third kappa shape index (κ3) is 15.8. The number of hydrogen-bond donors (Lipinski definition) is 2. The summed E-state index contributed by atoms with van der Waals surface area (Å²) in [5.41, 5.74) is 0. The maximum atomic E-state index is 9.83. The standard InChI is InChI=1S/C21H42O4/c1-2-3-4-5-6-7-8-9-10-11-12-13-14-15-16-21(22,23)19-24-17-20-18-25-20/h20,22-23H,2-19H2,1H3. The maximum absolute atomic E-state index is 9.83. The molecule has 1 aliphatic rings. The quantitative estimate of drug-likeness (QED) is 0.195. The third-order valence-corrected chi connectivity index (χ3v) is 4.97. The minimum Gasteiger partial charge on any atom is -0.373 e. The number of hydrogen-bond acceptors (Lipinski definition) is 4. The average Bonchev–Trinajstić information content (AvgIpc) is 3.39. The second kappa shape index (κ2) is 15.0. The zero-order valence-corrected chi connectivity index (χ0v) is 16.5. The van der Waals surface area contributed by atoms with Crippen LogP contribution in [0, 0.1) is 0 Å². The van der Waals surface area contributed by atoms with Gasteiger partial charge in [-0.3, -0.25) is 0 Å². The van der Waals surface area contributed by atoms with Gasteiger partial charge in [-0.1, -0.05) is 90.4 Å². The Morgan fingerprint density at radius 3 is 1.68 bits per heavy atom. The fourth-order valence-electron chi connectivity index (χ4n) is 3.19. The molecule has 0 amide bonds. The summed E-state index contributed by atoms with van der Waals surface area (Å²) >= 11 is 0. The number of unbranched alkanes of at least 4 members (excludes halogenated alkanes) is 13. The van der Waals surface area contributed by atoms with Crippen molar-refractivity contribution in [2.45, 2.75) is 115 Å². The highest BCUT2D eigenvalue weighted by atomic mass is 16.6. The van der Waals surface area contributed by atoms with Gasteiger partial charge in [0.15, 0.2) is 5.79 Å². The molecule has 0 aromatic rings. The summed E-state index contributed by atoms with van der Waals surface area (Å²) in [7, 11) is 0. The van der Waals surface area contributed by atoms with Crippen LogP contribution in [-0.2, 0) is 9.47 Å². The number of rotatable bonds is 19. The van der Waals surface area contributed by atoms with Gasteiger partial charge in [0.2, 0.25) is 0 Å². The molecule has 4 heteroatoms. The van der Waals surface area contributed by atoms with Gasteiger partial charge < -0.3 is 19.7 Å². The monoisotopic (exact) mass is 358 g/mol. The van der Waals surface area contributed by atoms with Crippen LogP contribution in [0.4, 0.5) is 0 Å². The van der Waals surface area contributed by atoms with Gasteiger partial charge >= 0.3 is 0 Å². The summed E-state index contributed by atoms with van der Waals surface area (Å²) in [5.74, 6) is -1.67. The van der Waals surface area contributed by atoms with Crippen molar-refractivity contribution in [1.29, 1.82) is 0 Å². The van der Waals surface area contributed by atoms with E-state index in [-0.39, 0.29) is 12.7 Å². The molecule has 2 N–H and O–H groups in total. The van der Waals surface area contributed by atoms with Gasteiger partial charge in [-0.2, -0.15) is 0 Å². The second-order valence-corrected chi connectivity index (χ2v) is 7.80. The lowest BCUT2D eigenvalue weighted by atomic mass is 10.0. The van der Waals surface area contributed by atoms with Gasteiger partial charge in [-0.25, -0.2) is 0 Å². The highest BCUT2D eigenvalue weighted by Crippen LogP contribution is 2.17. The van der Waals surface area contributed by atoms with Gasteiger partial charge in [0.25, 0.3) is 0 Å². The first-order valence-corrected chi connectivity index (χ1v) is 10.8. The summed E-state index contributed by atoms with van der Waals surface area (Å²) in [5, 5.41) is 19.7. The predicted molar refractivity (Wildman–Crippen MR) is 103 cm³/mol. The Morgan fingerprint density at radius 1 is 0.800 bits per heavy atom. The van der Waals surface area contributed by atoms with Crippen molar-refractivity contribution in [3.63, 3.8) is 0 Å². The molecule has 1 fully saturated rings. The molecule has 0 aromatic heterocycles. The Morgan fingerprint density at radius 2 is 1.24 bits per heavy atom. The first-order chi connectivity index (χ1) is 12.1. The molecule has 0 saturated carbocycles. The number of epoxide rings is 1. The first-order valence-electron chi connectivity index (χ1n) is 10.8. The van der Waals surface area contributed by atoms with E-state index in [2.05, 4.69) is 6.92 Å². The molecule has 150 valence electrons. The van der Waals surface area contributed by atoms with Crippen molar-refractivity contribution in [3.05, 3.63) is 0 Å². The van der Waals surface area contributed by atoms with Crippen LogP contribution in [-0.4, -0.2) is 41.9 Å². The lowest BCUT2D eigenvalue weighted by Gasteiger charge is -2.21. The normalized spacial score (nSPS) is 17.2. The molecular formula is C21H42O4. The average molecular weight is 359 g/mol. The zero-order chi connectivity index (χ0) is 18.2. The lowest BCUT2D eigenvalue weighted by Crippen LogP contribution is -2.34. The van der Waals surface area contributed by atoms with Gasteiger partial charge in [-0.05, 0) is 6.42 Å². The van der Waals surface area contributed by atoms with Crippen LogP contribution in [0.1, 0.15) is 103 Å². The fraction of sp³-hybridized carbons (Fsp3) is 1.00. The van der Waals surface area contributed by atoms with Gasteiger partial charge in [0.05, 0.1) is 13.2 Å². The van der Waals surface area contributed by atoms with E-state index in [4.69, 9.17) is 9.47 Å². The largest absolute Gasteiger partial charge is 0.373 e. The van der Waals surface area contributed by atoms with E-state index in [1.165, 1.54) is 77.0 Å². The van der Waals surface area contributed by atoms with Gasteiger partial charge in [0, 0.05) is 6.42 Å². The second-order valence-electron chi connectivity index (χ2n) is 7.80. The Labute approximate surface area is 155 Å². The van der Waals surface area contributed by atoms with Crippen LogP contribution in [0.25, 0.3) is 0 Å². The molecule has 1 aliphatic heterocycles. The highest BCUT2D eigenvalue weighted by molar-refractivity contribution is 4.69. The molecule has 0 bridgehead atoms. The van der Waals surface area contributed by atoms with Crippen molar-refractivity contribution in [2.75, 3.05) is 19.8 Å². The maximum Gasteiger partial charge on any atom is 0.186 e. The third-order valence-electron chi connectivity index (χ3n) is 4.97.